The van der Waals surface area contributed by atoms with Crippen LogP contribution in [-0.4, -0.2) is 24.2 Å². The highest BCUT2D eigenvalue weighted by molar-refractivity contribution is 6.29. The van der Waals surface area contributed by atoms with Crippen LogP contribution < -0.4 is 11.1 Å². The minimum absolute atomic E-state index is 0.0229. The van der Waals surface area contributed by atoms with Gasteiger partial charge in [0.25, 0.3) is 0 Å². The van der Waals surface area contributed by atoms with Gasteiger partial charge in [-0.05, 0) is 40.3 Å². The Balaban J connectivity index is 1.36. The first kappa shape index (κ1) is 18.9. The largest absolute Gasteiger partial charge is 0.449 e. The van der Waals surface area contributed by atoms with E-state index in [0.717, 1.165) is 0 Å². The normalized spacial score (nSPS) is 11.8. The first-order valence-corrected chi connectivity index (χ1v) is 9.51. The highest BCUT2D eigenvalue weighted by atomic mass is 35.5. The van der Waals surface area contributed by atoms with Gasteiger partial charge in [-0.25, -0.2) is 9.78 Å². The number of nitrogens with zero attached hydrogens (tertiary/aromatic N) is 1. The molecule has 0 radical (unpaired) electrons. The number of nitrogens with one attached hydrogen (secondary N) is 1. The predicted molar refractivity (Wildman–Crippen MR) is 114 cm³/mol. The van der Waals surface area contributed by atoms with E-state index < -0.39 is 6.09 Å². The Labute approximate surface area is 173 Å². The predicted octanol–water partition coefficient (Wildman–Crippen LogP) is 4.21. The Morgan fingerprint density at radius 2 is 1.72 bits per heavy atom. The molecule has 0 atom stereocenters. The van der Waals surface area contributed by atoms with Crippen molar-refractivity contribution in [2.45, 2.75) is 5.92 Å². The highest BCUT2D eigenvalue weighted by Gasteiger charge is 2.28. The summed E-state index contributed by atoms with van der Waals surface area (Å²) in [5.74, 6) is 5.61. The summed E-state index contributed by atoms with van der Waals surface area (Å²) in [6.45, 7) is 0.375. The van der Waals surface area contributed by atoms with E-state index in [1.807, 2.05) is 24.3 Å². The summed E-state index contributed by atoms with van der Waals surface area (Å²) < 4.78 is 5.46. The van der Waals surface area contributed by atoms with Gasteiger partial charge in [0, 0.05) is 5.92 Å². The number of rotatable bonds is 3. The summed E-state index contributed by atoms with van der Waals surface area (Å²) in [4.78, 5) is 16.1. The van der Waals surface area contributed by atoms with E-state index in [9.17, 15) is 4.79 Å². The number of fused-ring (bicyclic) bond motifs is 3. The molecule has 1 aliphatic carbocycles. The third kappa shape index (κ3) is 4.03. The summed E-state index contributed by atoms with van der Waals surface area (Å²) in [6.07, 6.45) is -0.520. The van der Waals surface area contributed by atoms with E-state index in [1.54, 1.807) is 12.1 Å². The molecule has 0 aliphatic heterocycles. The number of nitrogens with two attached hydrogens (primary N) is 1. The van der Waals surface area contributed by atoms with E-state index >= 15 is 0 Å². The van der Waals surface area contributed by atoms with Crippen LogP contribution in [0.2, 0.25) is 5.15 Å². The molecule has 0 saturated heterocycles. The van der Waals surface area contributed by atoms with Crippen molar-refractivity contribution in [1.29, 1.82) is 0 Å². The lowest BCUT2D eigenvalue weighted by Gasteiger charge is -2.14. The van der Waals surface area contributed by atoms with Gasteiger partial charge >= 0.3 is 6.09 Å². The number of carbonyl (C=O) groups is 1. The molecular formula is C23H18ClN3O2. The molecule has 2 aromatic carbocycles. The maximum Gasteiger partial charge on any atom is 0.407 e. The summed E-state index contributed by atoms with van der Waals surface area (Å²) in [6, 6.07) is 19.6. The molecular weight excluding hydrogens is 386 g/mol. The molecule has 3 N–H and O–H groups in total. The van der Waals surface area contributed by atoms with Gasteiger partial charge in [0.05, 0.1) is 12.2 Å². The van der Waals surface area contributed by atoms with Crippen LogP contribution in [0.25, 0.3) is 11.1 Å². The smallest absolute Gasteiger partial charge is 0.407 e. The number of nitrogen functional groups attached to an aromatic ring is 1. The second kappa shape index (κ2) is 8.26. The van der Waals surface area contributed by atoms with E-state index in [1.165, 1.54) is 22.3 Å². The zero-order valence-corrected chi connectivity index (χ0v) is 16.2. The molecule has 29 heavy (non-hydrogen) atoms. The monoisotopic (exact) mass is 403 g/mol. The van der Waals surface area contributed by atoms with Crippen LogP contribution in [-0.2, 0) is 4.74 Å². The van der Waals surface area contributed by atoms with E-state index in [2.05, 4.69) is 46.4 Å². The first-order valence-electron chi connectivity index (χ1n) is 9.13. The Hall–Kier alpha value is -3.49. The summed E-state index contributed by atoms with van der Waals surface area (Å²) in [5, 5.41) is 2.94. The van der Waals surface area contributed by atoms with Crippen molar-refractivity contribution in [3.63, 3.8) is 0 Å². The summed E-state index contributed by atoms with van der Waals surface area (Å²) in [5.41, 5.74) is 11.3. The molecule has 1 heterocycles. The zero-order valence-electron chi connectivity index (χ0n) is 15.5. The molecule has 0 spiro atoms. The van der Waals surface area contributed by atoms with Gasteiger partial charge in [0.2, 0.25) is 0 Å². The Morgan fingerprint density at radius 1 is 1.07 bits per heavy atom. The minimum Gasteiger partial charge on any atom is -0.449 e. The standard InChI is InChI=1S/C23H18ClN3O2/c24-22-12-11-20(25)21(27-22)10-5-13-26-23(28)29-14-19-17-8-3-1-6-15(17)16-7-2-4-9-18(16)19/h1-4,6-9,11-12,19H,13-14,25H2,(H,26,28). The van der Waals surface area contributed by atoms with Crippen LogP contribution in [0.1, 0.15) is 22.7 Å². The topological polar surface area (TPSA) is 77.2 Å². The van der Waals surface area contributed by atoms with Gasteiger partial charge in [-0.2, -0.15) is 0 Å². The fourth-order valence-electron chi connectivity index (χ4n) is 3.44. The molecule has 5 nitrogen and oxygen atoms in total. The number of pyridine rings is 1. The number of amides is 1. The molecule has 1 aliphatic rings. The van der Waals surface area contributed by atoms with Gasteiger partial charge in [-0.15, -0.1) is 0 Å². The number of ether oxygens (including phenoxy) is 1. The molecule has 3 aromatic rings. The van der Waals surface area contributed by atoms with Crippen molar-refractivity contribution >= 4 is 23.4 Å². The van der Waals surface area contributed by atoms with E-state index in [-0.39, 0.29) is 19.1 Å². The second-order valence-corrected chi connectivity index (χ2v) is 6.94. The lowest BCUT2D eigenvalue weighted by atomic mass is 9.98. The van der Waals surface area contributed by atoms with Crippen molar-refractivity contribution in [2.24, 2.45) is 0 Å². The van der Waals surface area contributed by atoms with Gasteiger partial charge in [0.1, 0.15) is 17.5 Å². The van der Waals surface area contributed by atoms with Crippen LogP contribution in [0.3, 0.4) is 0 Å². The van der Waals surface area contributed by atoms with E-state index in [0.29, 0.717) is 16.5 Å². The number of benzene rings is 2. The highest BCUT2D eigenvalue weighted by Crippen LogP contribution is 2.44. The molecule has 0 bridgehead atoms. The maximum atomic E-state index is 12.1. The van der Waals surface area contributed by atoms with Crippen molar-refractivity contribution in [3.8, 4) is 23.0 Å². The fourth-order valence-corrected chi connectivity index (χ4v) is 3.59. The Morgan fingerprint density at radius 3 is 2.41 bits per heavy atom. The molecule has 0 unspecified atom stereocenters. The summed E-state index contributed by atoms with van der Waals surface area (Å²) >= 11 is 5.83. The molecule has 0 saturated carbocycles. The molecule has 0 fully saturated rings. The maximum absolute atomic E-state index is 12.1. The van der Waals surface area contributed by atoms with Crippen molar-refractivity contribution in [3.05, 3.63) is 82.6 Å². The van der Waals surface area contributed by atoms with Crippen LogP contribution in [0.4, 0.5) is 10.5 Å². The molecule has 4 rings (SSSR count). The first-order chi connectivity index (χ1) is 14.1. The summed E-state index contributed by atoms with van der Waals surface area (Å²) in [7, 11) is 0. The second-order valence-electron chi connectivity index (χ2n) is 6.55. The quantitative estimate of drug-likeness (QED) is 0.507. The average Bonchev–Trinajstić information content (AvgIpc) is 3.06. The van der Waals surface area contributed by atoms with Crippen LogP contribution in [0.15, 0.2) is 60.7 Å². The lowest BCUT2D eigenvalue weighted by molar-refractivity contribution is 0.144. The number of hydrogen-bond donors (Lipinski definition) is 2. The number of hydrogen-bond acceptors (Lipinski definition) is 4. The third-order valence-electron chi connectivity index (χ3n) is 4.76. The van der Waals surface area contributed by atoms with Crippen LogP contribution in [0, 0.1) is 11.8 Å². The third-order valence-corrected chi connectivity index (χ3v) is 4.97. The number of anilines is 1. The molecule has 144 valence electrons. The zero-order chi connectivity index (χ0) is 20.2. The van der Waals surface area contributed by atoms with Crippen LogP contribution in [0.5, 0.6) is 0 Å². The lowest BCUT2D eigenvalue weighted by Crippen LogP contribution is -2.26. The number of aromatic nitrogens is 1. The van der Waals surface area contributed by atoms with Gasteiger partial charge < -0.3 is 15.8 Å². The van der Waals surface area contributed by atoms with Crippen molar-refractivity contribution in [2.75, 3.05) is 18.9 Å². The van der Waals surface area contributed by atoms with Gasteiger partial charge in [0.15, 0.2) is 0 Å². The van der Waals surface area contributed by atoms with Crippen molar-refractivity contribution < 1.29 is 9.53 Å². The SMILES string of the molecule is Nc1ccc(Cl)nc1C#CCNC(=O)OCC1c2ccccc2-c2ccccc21. The number of halogens is 1. The molecule has 1 amide bonds. The Kier molecular flexibility index (Phi) is 5.37. The van der Waals surface area contributed by atoms with Crippen molar-refractivity contribution in [1.82, 2.24) is 10.3 Å². The fraction of sp³-hybridized carbons (Fsp3) is 0.130. The van der Waals surface area contributed by atoms with Crippen LogP contribution >= 0.6 is 11.6 Å². The van der Waals surface area contributed by atoms with E-state index in [4.69, 9.17) is 22.1 Å². The number of carbonyl (C=O) groups excluding carboxylic acids is 1. The molecule has 6 heteroatoms. The minimum atomic E-state index is -0.520. The average molecular weight is 404 g/mol. The molecule has 1 aromatic heterocycles. The van der Waals surface area contributed by atoms with Gasteiger partial charge in [-0.1, -0.05) is 66.1 Å². The number of alkyl carbamates (subject to hydrolysis) is 1. The Bertz CT molecular complexity index is 1090. The van der Waals surface area contributed by atoms with Gasteiger partial charge in [-0.3, -0.25) is 0 Å².